The van der Waals surface area contributed by atoms with Gasteiger partial charge in [0.05, 0.1) is 24.2 Å². The van der Waals surface area contributed by atoms with Crippen LogP contribution in [0.15, 0.2) is 12.1 Å². The van der Waals surface area contributed by atoms with E-state index in [4.69, 9.17) is 9.72 Å². The first-order valence-corrected chi connectivity index (χ1v) is 12.6. The van der Waals surface area contributed by atoms with Crippen LogP contribution in [-0.4, -0.2) is 47.2 Å². The maximum atomic E-state index is 15.9. The van der Waals surface area contributed by atoms with Gasteiger partial charge >= 0.3 is 0 Å². The Bertz CT molecular complexity index is 882. The number of aromatic amines is 1. The third-order valence-corrected chi connectivity index (χ3v) is 7.43. The molecule has 2 unspecified atom stereocenters. The summed E-state index contributed by atoms with van der Waals surface area (Å²) >= 11 is 0. The average molecular weight is 445 g/mol. The zero-order valence-electron chi connectivity index (χ0n) is 20.3. The van der Waals surface area contributed by atoms with Crippen molar-refractivity contribution in [3.8, 4) is 0 Å². The molecule has 1 saturated carbocycles. The van der Waals surface area contributed by atoms with Gasteiger partial charge in [0.2, 0.25) is 0 Å². The lowest BCUT2D eigenvalue weighted by Gasteiger charge is -2.40. The molecule has 2 aromatic rings. The molecule has 2 fully saturated rings. The molecule has 0 radical (unpaired) electrons. The van der Waals surface area contributed by atoms with E-state index in [0.29, 0.717) is 23.6 Å². The summed E-state index contributed by atoms with van der Waals surface area (Å²) in [4.78, 5) is 10.7. The highest BCUT2D eigenvalue weighted by molar-refractivity contribution is 5.77. The van der Waals surface area contributed by atoms with E-state index in [9.17, 15) is 0 Å². The largest absolute Gasteiger partial charge is 0.379 e. The zero-order chi connectivity index (χ0) is 22.7. The van der Waals surface area contributed by atoms with E-state index < -0.39 is 0 Å². The SMILES string of the molecule is CNC(c1nc2c(F)c(C3COCCCN3C(C)(C)C)ccc2[nH]1)C1CCCCCCC1. The quantitative estimate of drug-likeness (QED) is 0.618. The first-order valence-electron chi connectivity index (χ1n) is 12.6. The summed E-state index contributed by atoms with van der Waals surface area (Å²) < 4.78 is 21.8. The van der Waals surface area contributed by atoms with Gasteiger partial charge in [0.1, 0.15) is 11.3 Å². The molecule has 1 aromatic carbocycles. The van der Waals surface area contributed by atoms with Crippen molar-refractivity contribution in [3.63, 3.8) is 0 Å². The predicted molar refractivity (Wildman–Crippen MR) is 128 cm³/mol. The van der Waals surface area contributed by atoms with Gasteiger partial charge in [0.15, 0.2) is 5.82 Å². The number of halogens is 1. The molecule has 178 valence electrons. The Morgan fingerprint density at radius 3 is 2.53 bits per heavy atom. The fourth-order valence-electron chi connectivity index (χ4n) is 5.74. The van der Waals surface area contributed by atoms with Crippen LogP contribution < -0.4 is 5.32 Å². The molecule has 5 nitrogen and oxygen atoms in total. The van der Waals surface area contributed by atoms with Crippen LogP contribution in [0, 0.1) is 11.7 Å². The van der Waals surface area contributed by atoms with Gasteiger partial charge in [-0.1, -0.05) is 38.2 Å². The zero-order valence-corrected chi connectivity index (χ0v) is 20.3. The fourth-order valence-corrected chi connectivity index (χ4v) is 5.74. The van der Waals surface area contributed by atoms with Crippen molar-refractivity contribution < 1.29 is 9.13 Å². The van der Waals surface area contributed by atoms with Gasteiger partial charge in [-0.15, -0.1) is 0 Å². The second kappa shape index (κ2) is 10.2. The number of imidazole rings is 1. The number of aromatic nitrogens is 2. The van der Waals surface area contributed by atoms with Crippen molar-refractivity contribution in [1.82, 2.24) is 20.2 Å². The van der Waals surface area contributed by atoms with Crippen molar-refractivity contribution in [2.24, 2.45) is 5.92 Å². The van der Waals surface area contributed by atoms with Gasteiger partial charge in [-0.05, 0) is 59.1 Å². The van der Waals surface area contributed by atoms with Crippen LogP contribution in [0.25, 0.3) is 11.0 Å². The highest BCUT2D eigenvalue weighted by Gasteiger charge is 2.34. The minimum absolute atomic E-state index is 0.0636. The number of rotatable bonds is 4. The van der Waals surface area contributed by atoms with Crippen LogP contribution in [0.4, 0.5) is 4.39 Å². The molecule has 1 saturated heterocycles. The Labute approximate surface area is 192 Å². The number of benzene rings is 1. The lowest BCUT2D eigenvalue weighted by atomic mass is 9.85. The minimum atomic E-state index is -0.206. The van der Waals surface area contributed by atoms with Crippen molar-refractivity contribution >= 4 is 11.0 Å². The number of hydrogen-bond acceptors (Lipinski definition) is 4. The van der Waals surface area contributed by atoms with Crippen LogP contribution in [0.1, 0.15) is 95.6 Å². The van der Waals surface area contributed by atoms with Gasteiger partial charge in [-0.2, -0.15) is 0 Å². The summed E-state index contributed by atoms with van der Waals surface area (Å²) in [6.45, 7) is 8.73. The maximum Gasteiger partial charge on any atom is 0.155 e. The summed E-state index contributed by atoms with van der Waals surface area (Å²) in [6, 6.07) is 3.96. The second-order valence-corrected chi connectivity index (χ2v) is 10.7. The van der Waals surface area contributed by atoms with Gasteiger partial charge in [-0.3, -0.25) is 4.90 Å². The highest BCUT2D eigenvalue weighted by atomic mass is 19.1. The van der Waals surface area contributed by atoms with Gasteiger partial charge in [-0.25, -0.2) is 9.37 Å². The smallest absolute Gasteiger partial charge is 0.155 e. The van der Waals surface area contributed by atoms with Crippen LogP contribution in [0.2, 0.25) is 0 Å². The molecule has 32 heavy (non-hydrogen) atoms. The first kappa shape index (κ1) is 23.7. The van der Waals surface area contributed by atoms with Gasteiger partial charge in [0.25, 0.3) is 0 Å². The lowest BCUT2D eigenvalue weighted by molar-refractivity contribution is 0.0497. The highest BCUT2D eigenvalue weighted by Crippen LogP contribution is 2.36. The van der Waals surface area contributed by atoms with Crippen LogP contribution in [-0.2, 0) is 4.74 Å². The Balaban J connectivity index is 1.67. The molecule has 2 atom stereocenters. The van der Waals surface area contributed by atoms with E-state index in [2.05, 4.69) is 36.0 Å². The van der Waals surface area contributed by atoms with E-state index in [-0.39, 0.29) is 23.4 Å². The molecule has 4 rings (SSSR count). The molecule has 6 heteroatoms. The monoisotopic (exact) mass is 444 g/mol. The third-order valence-electron chi connectivity index (χ3n) is 7.43. The maximum absolute atomic E-state index is 15.9. The summed E-state index contributed by atoms with van der Waals surface area (Å²) in [5.41, 5.74) is 1.87. The molecule has 2 aliphatic rings. The van der Waals surface area contributed by atoms with Gasteiger partial charge < -0.3 is 15.0 Å². The van der Waals surface area contributed by atoms with E-state index in [1.54, 1.807) is 0 Å². The second-order valence-electron chi connectivity index (χ2n) is 10.7. The Morgan fingerprint density at radius 2 is 1.84 bits per heavy atom. The normalized spacial score (nSPS) is 23.6. The number of H-pyrrole nitrogens is 1. The van der Waals surface area contributed by atoms with Gasteiger partial charge in [0, 0.05) is 24.3 Å². The average Bonchev–Trinajstić information content (AvgIpc) is 2.99. The fraction of sp³-hybridized carbons (Fsp3) is 0.731. The van der Waals surface area contributed by atoms with Crippen LogP contribution >= 0.6 is 0 Å². The summed E-state index contributed by atoms with van der Waals surface area (Å²) in [7, 11) is 2.00. The molecular formula is C26H41FN4O. The number of nitrogens with one attached hydrogen (secondary N) is 2. The molecular weight excluding hydrogens is 403 g/mol. The summed E-state index contributed by atoms with van der Waals surface area (Å²) in [6.07, 6.45) is 9.91. The Morgan fingerprint density at radius 1 is 1.12 bits per heavy atom. The number of ether oxygens (including phenoxy) is 1. The van der Waals surface area contributed by atoms with E-state index in [1.165, 1.54) is 44.9 Å². The minimum Gasteiger partial charge on any atom is -0.379 e. The molecule has 2 heterocycles. The third kappa shape index (κ3) is 5.02. The lowest BCUT2D eigenvalue weighted by Crippen LogP contribution is -2.45. The molecule has 0 spiro atoms. The summed E-state index contributed by atoms with van der Waals surface area (Å²) in [5, 5.41) is 3.49. The Hall–Kier alpha value is -1.50. The van der Waals surface area contributed by atoms with Crippen molar-refractivity contribution in [3.05, 3.63) is 29.3 Å². The Kier molecular flexibility index (Phi) is 7.53. The standard InChI is InChI=1S/C26H41FN4O/c1-26(2,3)31-15-10-16-32-17-21(31)19-13-14-20-24(22(19)27)30-25(29-20)23(28-4)18-11-8-6-5-7-9-12-18/h13-14,18,21,23,28H,5-12,15-17H2,1-4H3,(H,29,30). The number of fused-ring (bicyclic) bond motifs is 1. The van der Waals surface area contributed by atoms with Crippen LogP contribution in [0.5, 0.6) is 0 Å². The molecule has 1 aromatic heterocycles. The predicted octanol–water partition coefficient (Wildman–Crippen LogP) is 5.88. The summed E-state index contributed by atoms with van der Waals surface area (Å²) in [5.74, 6) is 1.20. The number of hydrogen-bond donors (Lipinski definition) is 2. The molecule has 0 amide bonds. The van der Waals surface area contributed by atoms with Crippen molar-refractivity contribution in [2.45, 2.75) is 89.8 Å². The van der Waals surface area contributed by atoms with Crippen molar-refractivity contribution in [2.75, 3.05) is 26.8 Å². The molecule has 1 aliphatic heterocycles. The molecule has 1 aliphatic carbocycles. The van der Waals surface area contributed by atoms with Crippen molar-refractivity contribution in [1.29, 1.82) is 0 Å². The molecule has 2 N–H and O–H groups in total. The van der Waals surface area contributed by atoms with E-state index in [1.807, 2.05) is 19.2 Å². The van der Waals surface area contributed by atoms with E-state index >= 15 is 4.39 Å². The van der Waals surface area contributed by atoms with E-state index in [0.717, 1.165) is 30.9 Å². The first-order chi connectivity index (χ1) is 15.4. The van der Waals surface area contributed by atoms with Crippen LogP contribution in [0.3, 0.4) is 0 Å². The topological polar surface area (TPSA) is 53.2 Å². The molecule has 0 bridgehead atoms. The number of nitrogens with zero attached hydrogens (tertiary/aromatic N) is 2.